The van der Waals surface area contributed by atoms with Crippen molar-refractivity contribution in [2.24, 2.45) is 5.73 Å². The Balaban J connectivity index is 2.85. The minimum Gasteiger partial charge on any atom is -0.394 e. The first-order chi connectivity index (χ1) is 4.67. The molecule has 1 atom stereocenters. The summed E-state index contributed by atoms with van der Waals surface area (Å²) in [6.07, 6.45) is 1.68. The predicted molar refractivity (Wildman–Crippen MR) is 40.7 cm³/mol. The fraction of sp³-hybridized carbons (Fsp3) is 0.500. The predicted octanol–water partition coefficient (Wildman–Crippen LogP) is 0.309. The number of thiazole rings is 1. The van der Waals surface area contributed by atoms with E-state index in [9.17, 15) is 0 Å². The molecule has 0 radical (unpaired) electrons. The molecule has 1 aromatic rings. The van der Waals surface area contributed by atoms with Crippen LogP contribution in [0.15, 0.2) is 11.6 Å². The maximum absolute atomic E-state index is 8.81. The molecule has 0 aliphatic heterocycles. The van der Waals surface area contributed by atoms with Gasteiger partial charge in [0.25, 0.3) is 0 Å². The summed E-state index contributed by atoms with van der Waals surface area (Å²) in [6.45, 7) is 1.69. The third kappa shape index (κ3) is 1.34. The Morgan fingerprint density at radius 1 is 1.90 bits per heavy atom. The minimum absolute atomic E-state index is 0.0689. The van der Waals surface area contributed by atoms with E-state index in [0.29, 0.717) is 0 Å². The molecule has 3 N–H and O–H groups in total. The van der Waals surface area contributed by atoms with Crippen LogP contribution in [0.2, 0.25) is 0 Å². The van der Waals surface area contributed by atoms with Crippen molar-refractivity contribution >= 4 is 11.3 Å². The summed E-state index contributed by atoms with van der Waals surface area (Å²) in [5.41, 5.74) is 5.01. The summed E-state index contributed by atoms with van der Waals surface area (Å²) in [5.74, 6) is 0. The van der Waals surface area contributed by atoms with Crippen LogP contribution in [0.25, 0.3) is 0 Å². The number of nitrogens with two attached hydrogens (primary N) is 1. The summed E-state index contributed by atoms with van der Waals surface area (Å²) in [4.78, 5) is 3.99. The number of hydrogen-bond donors (Lipinski definition) is 2. The van der Waals surface area contributed by atoms with E-state index in [1.54, 1.807) is 13.1 Å². The van der Waals surface area contributed by atoms with Gasteiger partial charge in [0.05, 0.1) is 12.1 Å². The van der Waals surface area contributed by atoms with Crippen molar-refractivity contribution in [2.75, 3.05) is 6.61 Å². The van der Waals surface area contributed by atoms with Gasteiger partial charge in [0.1, 0.15) is 5.01 Å². The van der Waals surface area contributed by atoms with Crippen LogP contribution in [0.5, 0.6) is 0 Å². The van der Waals surface area contributed by atoms with Gasteiger partial charge in [0, 0.05) is 11.6 Å². The standard InChI is InChI=1S/C6H10N2OS/c1-6(7,4-9)5-8-2-3-10-5/h2-3,9H,4,7H2,1H3/t6-/m0/s1. The molecule has 0 bridgehead atoms. The van der Waals surface area contributed by atoms with E-state index in [-0.39, 0.29) is 6.61 Å². The van der Waals surface area contributed by atoms with Gasteiger partial charge >= 0.3 is 0 Å². The quantitative estimate of drug-likeness (QED) is 0.651. The van der Waals surface area contributed by atoms with Gasteiger partial charge in [0.15, 0.2) is 0 Å². The van der Waals surface area contributed by atoms with Gasteiger partial charge in [-0.25, -0.2) is 4.98 Å². The first kappa shape index (κ1) is 7.65. The second-order valence-corrected chi connectivity index (χ2v) is 3.31. The highest BCUT2D eigenvalue weighted by Gasteiger charge is 2.22. The van der Waals surface area contributed by atoms with E-state index in [0.717, 1.165) is 5.01 Å². The van der Waals surface area contributed by atoms with Crippen molar-refractivity contribution in [1.82, 2.24) is 4.98 Å². The van der Waals surface area contributed by atoms with E-state index >= 15 is 0 Å². The lowest BCUT2D eigenvalue weighted by molar-refractivity contribution is 0.209. The molecule has 0 aliphatic rings. The highest BCUT2D eigenvalue weighted by atomic mass is 32.1. The van der Waals surface area contributed by atoms with Crippen molar-refractivity contribution in [1.29, 1.82) is 0 Å². The Morgan fingerprint density at radius 3 is 3.00 bits per heavy atom. The Hall–Kier alpha value is -0.450. The normalized spacial score (nSPS) is 16.7. The molecule has 0 spiro atoms. The van der Waals surface area contributed by atoms with Gasteiger partial charge in [-0.3, -0.25) is 0 Å². The maximum atomic E-state index is 8.81. The van der Waals surface area contributed by atoms with E-state index in [2.05, 4.69) is 4.98 Å². The van der Waals surface area contributed by atoms with Crippen LogP contribution in [0.4, 0.5) is 0 Å². The topological polar surface area (TPSA) is 59.1 Å². The lowest BCUT2D eigenvalue weighted by Crippen LogP contribution is -2.36. The summed E-state index contributed by atoms with van der Waals surface area (Å²) in [6, 6.07) is 0. The van der Waals surface area contributed by atoms with Crippen LogP contribution >= 0.6 is 11.3 Å². The molecule has 1 aromatic heterocycles. The smallest absolute Gasteiger partial charge is 0.114 e. The molecule has 56 valence electrons. The van der Waals surface area contributed by atoms with Crippen LogP contribution in [-0.2, 0) is 5.54 Å². The van der Waals surface area contributed by atoms with Crippen LogP contribution in [0.3, 0.4) is 0 Å². The molecule has 10 heavy (non-hydrogen) atoms. The first-order valence-corrected chi connectivity index (χ1v) is 3.84. The van der Waals surface area contributed by atoms with Gasteiger partial charge in [0.2, 0.25) is 0 Å². The zero-order valence-corrected chi connectivity index (χ0v) is 6.56. The largest absolute Gasteiger partial charge is 0.394 e. The van der Waals surface area contributed by atoms with Crippen molar-refractivity contribution in [3.05, 3.63) is 16.6 Å². The number of nitrogens with zero attached hydrogens (tertiary/aromatic N) is 1. The summed E-state index contributed by atoms with van der Waals surface area (Å²) >= 11 is 1.46. The van der Waals surface area contributed by atoms with Crippen LogP contribution in [0, 0.1) is 0 Å². The molecule has 0 amide bonds. The van der Waals surface area contributed by atoms with Crippen LogP contribution in [-0.4, -0.2) is 16.7 Å². The minimum atomic E-state index is -0.672. The lowest BCUT2D eigenvalue weighted by atomic mass is 10.1. The van der Waals surface area contributed by atoms with Crippen molar-refractivity contribution < 1.29 is 5.11 Å². The summed E-state index contributed by atoms with van der Waals surface area (Å²) in [5, 5.41) is 11.4. The number of rotatable bonds is 2. The zero-order chi connectivity index (χ0) is 7.61. The average Bonchev–Trinajstić information content (AvgIpc) is 2.38. The van der Waals surface area contributed by atoms with E-state index in [1.807, 2.05) is 5.38 Å². The molecular weight excluding hydrogens is 148 g/mol. The molecule has 0 unspecified atom stereocenters. The fourth-order valence-electron chi connectivity index (χ4n) is 0.573. The number of hydrogen-bond acceptors (Lipinski definition) is 4. The molecule has 1 heterocycles. The number of aliphatic hydroxyl groups excluding tert-OH is 1. The average molecular weight is 158 g/mol. The Kier molecular flexibility index (Phi) is 2.03. The second kappa shape index (κ2) is 2.65. The summed E-state index contributed by atoms with van der Waals surface area (Å²) < 4.78 is 0. The van der Waals surface area contributed by atoms with Crippen molar-refractivity contribution in [3.8, 4) is 0 Å². The van der Waals surface area contributed by atoms with E-state index in [1.165, 1.54) is 11.3 Å². The van der Waals surface area contributed by atoms with Crippen molar-refractivity contribution in [2.45, 2.75) is 12.5 Å². The number of aliphatic hydroxyl groups is 1. The Morgan fingerprint density at radius 2 is 2.60 bits per heavy atom. The molecule has 0 fully saturated rings. The van der Waals surface area contributed by atoms with E-state index in [4.69, 9.17) is 10.8 Å². The molecule has 1 rings (SSSR count). The Bertz CT molecular complexity index is 196. The molecule has 0 aliphatic carbocycles. The monoisotopic (exact) mass is 158 g/mol. The Labute approximate surface area is 63.5 Å². The molecule has 0 aromatic carbocycles. The maximum Gasteiger partial charge on any atom is 0.114 e. The molecule has 0 saturated heterocycles. The third-order valence-corrected chi connectivity index (χ3v) is 2.30. The van der Waals surface area contributed by atoms with Gasteiger partial charge in [-0.05, 0) is 6.92 Å². The van der Waals surface area contributed by atoms with Gasteiger partial charge < -0.3 is 10.8 Å². The van der Waals surface area contributed by atoms with Crippen molar-refractivity contribution in [3.63, 3.8) is 0 Å². The van der Waals surface area contributed by atoms with Gasteiger partial charge in [-0.2, -0.15) is 0 Å². The fourth-order valence-corrected chi connectivity index (χ4v) is 1.28. The second-order valence-electron chi connectivity index (χ2n) is 2.41. The highest BCUT2D eigenvalue weighted by molar-refractivity contribution is 7.09. The summed E-state index contributed by atoms with van der Waals surface area (Å²) in [7, 11) is 0. The third-order valence-electron chi connectivity index (χ3n) is 1.25. The van der Waals surface area contributed by atoms with Gasteiger partial charge in [-0.15, -0.1) is 11.3 Å². The van der Waals surface area contributed by atoms with E-state index < -0.39 is 5.54 Å². The van der Waals surface area contributed by atoms with Crippen LogP contribution < -0.4 is 5.73 Å². The molecule has 3 nitrogen and oxygen atoms in total. The molecule has 0 saturated carbocycles. The number of aromatic nitrogens is 1. The first-order valence-electron chi connectivity index (χ1n) is 2.96. The lowest BCUT2D eigenvalue weighted by Gasteiger charge is -2.17. The van der Waals surface area contributed by atoms with Crippen LogP contribution in [0.1, 0.15) is 11.9 Å². The zero-order valence-electron chi connectivity index (χ0n) is 5.74. The molecule has 4 heteroatoms. The highest BCUT2D eigenvalue weighted by Crippen LogP contribution is 2.18. The molecular formula is C6H10N2OS. The van der Waals surface area contributed by atoms with Gasteiger partial charge in [-0.1, -0.05) is 0 Å². The SMILES string of the molecule is C[C@](N)(CO)c1nccs1.